The molecule has 0 fully saturated rings. The Hall–Kier alpha value is -1.60. The first-order valence-corrected chi connectivity index (χ1v) is 8.68. The van der Waals surface area contributed by atoms with Crippen molar-refractivity contribution in [2.75, 3.05) is 5.75 Å². The van der Waals surface area contributed by atoms with Crippen LogP contribution in [0.3, 0.4) is 0 Å². The van der Waals surface area contributed by atoms with Gasteiger partial charge in [0.25, 0.3) is 10.1 Å². The summed E-state index contributed by atoms with van der Waals surface area (Å²) < 4.78 is 36.8. The summed E-state index contributed by atoms with van der Waals surface area (Å²) in [5.41, 5.74) is 1.19. The molecule has 1 aromatic carbocycles. The van der Waals surface area contributed by atoms with Gasteiger partial charge in [0.15, 0.2) is 0 Å². The average Bonchev–Trinajstić information content (AvgIpc) is 2.63. The fraction of sp³-hybridized carbons (Fsp3) is 0.533. The van der Waals surface area contributed by atoms with Crippen molar-refractivity contribution in [3.8, 4) is 0 Å². The minimum absolute atomic E-state index is 0.401. The monoisotopic (exact) mass is 327 g/mol. The molecule has 1 aromatic rings. The average molecular weight is 327 g/mol. The van der Waals surface area contributed by atoms with Gasteiger partial charge in [0.05, 0.1) is 11.8 Å². The third kappa shape index (κ3) is 4.45. The number of hydrogen-bond acceptors (Lipinski definition) is 4. The van der Waals surface area contributed by atoms with Crippen molar-refractivity contribution in [3.05, 3.63) is 35.4 Å². The Morgan fingerprint density at radius 2 is 2.00 bits per heavy atom. The Bertz CT molecular complexity index is 663. The highest BCUT2D eigenvalue weighted by atomic mass is 32.2. The van der Waals surface area contributed by atoms with Gasteiger partial charge in [0.1, 0.15) is 5.60 Å². The molecule has 6 nitrogen and oxygen atoms in total. The van der Waals surface area contributed by atoms with Crippen molar-refractivity contribution in [2.45, 2.75) is 38.8 Å². The molecule has 0 saturated heterocycles. The SMILES string of the molecule is CC(C)(C)OC(=O)N[C@@H]1c2ccccc2C[C@@H]1CS(=O)(=O)O. The maximum absolute atomic E-state index is 12.0. The van der Waals surface area contributed by atoms with Crippen LogP contribution in [-0.2, 0) is 21.3 Å². The molecule has 0 bridgehead atoms. The maximum Gasteiger partial charge on any atom is 0.408 e. The quantitative estimate of drug-likeness (QED) is 0.831. The fourth-order valence-corrected chi connectivity index (χ4v) is 3.58. The maximum atomic E-state index is 12.0. The van der Waals surface area contributed by atoms with E-state index in [1.807, 2.05) is 24.3 Å². The molecular weight excluding hydrogens is 306 g/mol. The molecule has 1 aliphatic rings. The van der Waals surface area contributed by atoms with Crippen LogP contribution in [0, 0.1) is 5.92 Å². The Balaban J connectivity index is 2.21. The molecule has 0 aromatic heterocycles. The van der Waals surface area contributed by atoms with Crippen LogP contribution in [0.5, 0.6) is 0 Å². The highest BCUT2D eigenvalue weighted by Gasteiger charge is 2.36. The molecule has 0 spiro atoms. The lowest BCUT2D eigenvalue weighted by molar-refractivity contribution is 0.0491. The predicted molar refractivity (Wildman–Crippen MR) is 82.2 cm³/mol. The van der Waals surface area contributed by atoms with E-state index in [0.717, 1.165) is 11.1 Å². The number of amides is 1. The van der Waals surface area contributed by atoms with E-state index in [9.17, 15) is 13.2 Å². The zero-order chi connectivity index (χ0) is 16.5. The second kappa shape index (κ2) is 5.89. The third-order valence-electron chi connectivity index (χ3n) is 3.44. The lowest BCUT2D eigenvalue weighted by atomic mass is 10.0. The highest BCUT2D eigenvalue weighted by molar-refractivity contribution is 7.85. The standard InChI is InChI=1S/C15H21NO5S/c1-15(2,3)21-14(17)16-13-11(9-22(18,19)20)8-10-6-4-5-7-12(10)13/h4-7,11,13H,8-9H2,1-3H3,(H,16,17)(H,18,19,20)/t11-,13+/m1/s1. The van der Waals surface area contributed by atoms with E-state index in [1.165, 1.54) is 0 Å². The van der Waals surface area contributed by atoms with Crippen LogP contribution >= 0.6 is 0 Å². The van der Waals surface area contributed by atoms with Crippen molar-refractivity contribution < 1.29 is 22.5 Å². The Morgan fingerprint density at radius 3 is 2.59 bits per heavy atom. The highest BCUT2D eigenvalue weighted by Crippen LogP contribution is 2.36. The molecule has 2 rings (SSSR count). The summed E-state index contributed by atoms with van der Waals surface area (Å²) in [5.74, 6) is -0.817. The largest absolute Gasteiger partial charge is 0.444 e. The molecule has 22 heavy (non-hydrogen) atoms. The van der Waals surface area contributed by atoms with Crippen LogP contribution in [0.4, 0.5) is 4.79 Å². The van der Waals surface area contributed by atoms with Crippen LogP contribution in [0.1, 0.15) is 37.9 Å². The number of fused-ring (bicyclic) bond motifs is 1. The van der Waals surface area contributed by atoms with Gasteiger partial charge in [-0.1, -0.05) is 24.3 Å². The van der Waals surface area contributed by atoms with Crippen molar-refractivity contribution in [1.29, 1.82) is 0 Å². The van der Waals surface area contributed by atoms with Gasteiger partial charge in [-0.25, -0.2) is 4.79 Å². The first-order valence-electron chi connectivity index (χ1n) is 7.08. The Morgan fingerprint density at radius 1 is 1.36 bits per heavy atom. The van der Waals surface area contributed by atoms with E-state index < -0.39 is 39.5 Å². The van der Waals surface area contributed by atoms with Gasteiger partial charge >= 0.3 is 6.09 Å². The van der Waals surface area contributed by atoms with E-state index in [4.69, 9.17) is 9.29 Å². The van der Waals surface area contributed by atoms with E-state index in [1.54, 1.807) is 20.8 Å². The summed E-state index contributed by atoms with van der Waals surface area (Å²) in [6.07, 6.45) is -0.120. The summed E-state index contributed by atoms with van der Waals surface area (Å²) in [4.78, 5) is 12.0. The second-order valence-corrected chi connectivity index (χ2v) is 8.03. The van der Waals surface area contributed by atoms with Crippen LogP contribution in [-0.4, -0.2) is 30.4 Å². The second-order valence-electron chi connectivity index (χ2n) is 6.54. The van der Waals surface area contributed by atoms with Gasteiger partial charge in [-0.3, -0.25) is 4.55 Å². The molecule has 0 heterocycles. The molecule has 1 aliphatic carbocycles. The molecule has 7 heteroatoms. The fourth-order valence-electron chi connectivity index (χ4n) is 2.73. The Kier molecular flexibility index (Phi) is 4.49. The lowest BCUT2D eigenvalue weighted by Crippen LogP contribution is -2.38. The summed E-state index contributed by atoms with van der Waals surface area (Å²) in [5, 5.41) is 2.73. The van der Waals surface area contributed by atoms with Crippen molar-refractivity contribution in [1.82, 2.24) is 5.32 Å². The molecule has 2 N–H and O–H groups in total. The molecule has 0 unspecified atom stereocenters. The number of hydrogen-bond donors (Lipinski definition) is 2. The number of alkyl carbamates (subject to hydrolysis) is 1. The molecule has 0 aliphatic heterocycles. The number of ether oxygens (including phenoxy) is 1. The number of benzene rings is 1. The van der Waals surface area contributed by atoms with Gasteiger partial charge in [-0.15, -0.1) is 0 Å². The van der Waals surface area contributed by atoms with Crippen LogP contribution in [0.2, 0.25) is 0 Å². The van der Waals surface area contributed by atoms with Gasteiger partial charge in [0.2, 0.25) is 0 Å². The van der Waals surface area contributed by atoms with Crippen molar-refractivity contribution >= 4 is 16.2 Å². The van der Waals surface area contributed by atoms with Crippen molar-refractivity contribution in [3.63, 3.8) is 0 Å². The minimum atomic E-state index is -4.12. The van der Waals surface area contributed by atoms with Crippen LogP contribution < -0.4 is 5.32 Å². The summed E-state index contributed by atoms with van der Waals surface area (Å²) in [6.45, 7) is 5.26. The summed E-state index contributed by atoms with van der Waals surface area (Å²) in [7, 11) is -4.12. The smallest absolute Gasteiger partial charge is 0.408 e. The number of nitrogens with one attached hydrogen (secondary N) is 1. The van der Waals surface area contributed by atoms with Crippen LogP contribution in [0.25, 0.3) is 0 Å². The molecule has 0 saturated carbocycles. The zero-order valence-electron chi connectivity index (χ0n) is 12.9. The van der Waals surface area contributed by atoms with E-state index >= 15 is 0 Å². The lowest BCUT2D eigenvalue weighted by Gasteiger charge is -2.25. The molecule has 0 radical (unpaired) electrons. The summed E-state index contributed by atoms with van der Waals surface area (Å²) >= 11 is 0. The topological polar surface area (TPSA) is 92.7 Å². The van der Waals surface area contributed by atoms with Crippen molar-refractivity contribution in [2.24, 2.45) is 5.92 Å². The molecule has 122 valence electrons. The van der Waals surface area contributed by atoms with Gasteiger partial charge in [-0.2, -0.15) is 8.42 Å². The van der Waals surface area contributed by atoms with Gasteiger partial charge in [-0.05, 0) is 38.3 Å². The number of carbonyl (C=O) groups is 1. The van der Waals surface area contributed by atoms with E-state index in [2.05, 4.69) is 5.32 Å². The number of carbonyl (C=O) groups excluding carboxylic acids is 1. The minimum Gasteiger partial charge on any atom is -0.444 e. The van der Waals surface area contributed by atoms with Gasteiger partial charge < -0.3 is 10.1 Å². The number of rotatable bonds is 3. The predicted octanol–water partition coefficient (Wildman–Crippen LogP) is 2.31. The molecular formula is C15H21NO5S. The molecule has 2 atom stereocenters. The first-order chi connectivity index (χ1) is 10.1. The van der Waals surface area contributed by atoms with Crippen LogP contribution in [0.15, 0.2) is 24.3 Å². The third-order valence-corrected chi connectivity index (χ3v) is 4.29. The zero-order valence-corrected chi connectivity index (χ0v) is 13.7. The molecule has 1 amide bonds. The Labute approximate surface area is 130 Å². The van der Waals surface area contributed by atoms with E-state index in [-0.39, 0.29) is 0 Å². The van der Waals surface area contributed by atoms with Gasteiger partial charge in [0, 0.05) is 5.92 Å². The summed E-state index contributed by atoms with van der Waals surface area (Å²) in [6, 6.07) is 6.94. The first kappa shape index (κ1) is 16.8. The van der Waals surface area contributed by atoms with E-state index in [0.29, 0.717) is 6.42 Å². The normalized spacial score (nSPS) is 21.3.